The number of hydrogen-bond donors (Lipinski definition) is 0. The van der Waals surface area contributed by atoms with E-state index in [9.17, 15) is 0 Å². The van der Waals surface area contributed by atoms with E-state index in [1.165, 1.54) is 17.3 Å². The van der Waals surface area contributed by atoms with Crippen molar-refractivity contribution in [2.24, 2.45) is 0 Å². The molecule has 0 atom stereocenters. The summed E-state index contributed by atoms with van der Waals surface area (Å²) in [5.74, 6) is 0.823. The third-order valence-corrected chi connectivity index (χ3v) is 2.83. The third kappa shape index (κ3) is 1.25. The van der Waals surface area contributed by atoms with Crippen LogP contribution < -0.4 is 0 Å². The molecule has 0 radical (unpaired) electrons. The molecule has 0 fully saturated rings. The highest BCUT2D eigenvalue weighted by Crippen LogP contribution is 2.30. The molecule has 80 valence electrons. The summed E-state index contributed by atoms with van der Waals surface area (Å²) in [5.41, 5.74) is 2.34. The molecule has 0 saturated heterocycles. The quantitative estimate of drug-likeness (QED) is 0.652. The number of aryl methyl sites for hydroxylation is 1. The second-order valence-electron chi connectivity index (χ2n) is 3.71. The lowest BCUT2D eigenvalue weighted by molar-refractivity contribution is 0.572. The average Bonchev–Trinajstić information content (AvgIpc) is 2.95. The zero-order valence-electron chi connectivity index (χ0n) is 9.05. The van der Waals surface area contributed by atoms with Crippen molar-refractivity contribution in [2.45, 2.75) is 13.5 Å². The number of aromatic nitrogens is 2. The fraction of sp³-hybridized carbons (Fsp3) is 0.154. The van der Waals surface area contributed by atoms with Crippen molar-refractivity contribution in [1.82, 2.24) is 9.55 Å². The zero-order chi connectivity index (χ0) is 11.0. The smallest absolute Gasteiger partial charge is 0.181 e. The molecule has 2 heterocycles. The molecule has 16 heavy (non-hydrogen) atoms. The average molecular weight is 212 g/mol. The van der Waals surface area contributed by atoms with E-state index in [0.717, 1.165) is 17.9 Å². The maximum absolute atomic E-state index is 5.36. The first kappa shape index (κ1) is 9.21. The number of hydrogen-bond acceptors (Lipinski definition) is 2. The maximum atomic E-state index is 5.36. The Kier molecular flexibility index (Phi) is 2.03. The summed E-state index contributed by atoms with van der Waals surface area (Å²) >= 11 is 0. The zero-order valence-corrected chi connectivity index (χ0v) is 9.05. The Hall–Kier alpha value is -2.03. The van der Waals surface area contributed by atoms with Gasteiger partial charge in [0.15, 0.2) is 12.2 Å². The molecule has 0 unspecified atom stereocenters. The van der Waals surface area contributed by atoms with E-state index in [2.05, 4.69) is 40.9 Å². The molecule has 3 nitrogen and oxygen atoms in total. The minimum atomic E-state index is 0.823. The Morgan fingerprint density at radius 2 is 2.19 bits per heavy atom. The van der Waals surface area contributed by atoms with Crippen molar-refractivity contribution in [3.63, 3.8) is 0 Å². The van der Waals surface area contributed by atoms with E-state index < -0.39 is 0 Å². The molecular weight excluding hydrogens is 200 g/mol. The highest BCUT2D eigenvalue weighted by molar-refractivity contribution is 5.94. The molecule has 0 aliphatic heterocycles. The molecule has 3 aromatic rings. The molecule has 0 saturated carbocycles. The predicted octanol–water partition coefficient (Wildman–Crippen LogP) is 3.32. The standard InChI is InChI=1S/C13H12N2O/c1-2-15-8-11(13-7-14-9-16-13)10-5-3-4-6-12(10)15/h3-9H,2H2,1H3. The van der Waals surface area contributed by atoms with Crippen LogP contribution in [0.1, 0.15) is 6.92 Å². The Bertz CT molecular complexity index is 608. The Labute approximate surface area is 93.3 Å². The van der Waals surface area contributed by atoms with Crippen LogP contribution in [-0.4, -0.2) is 9.55 Å². The Morgan fingerprint density at radius 3 is 2.94 bits per heavy atom. The van der Waals surface area contributed by atoms with E-state index in [0.29, 0.717) is 0 Å². The molecule has 1 aromatic carbocycles. The van der Waals surface area contributed by atoms with E-state index >= 15 is 0 Å². The van der Waals surface area contributed by atoms with Gasteiger partial charge < -0.3 is 8.98 Å². The second kappa shape index (κ2) is 3.52. The van der Waals surface area contributed by atoms with Crippen molar-refractivity contribution < 1.29 is 4.42 Å². The highest BCUT2D eigenvalue weighted by atomic mass is 16.3. The van der Waals surface area contributed by atoms with Gasteiger partial charge in [0.25, 0.3) is 0 Å². The van der Waals surface area contributed by atoms with Crippen LogP contribution >= 0.6 is 0 Å². The highest BCUT2D eigenvalue weighted by Gasteiger charge is 2.10. The largest absolute Gasteiger partial charge is 0.443 e. The van der Waals surface area contributed by atoms with Gasteiger partial charge in [-0.2, -0.15) is 0 Å². The first-order valence-corrected chi connectivity index (χ1v) is 5.37. The van der Waals surface area contributed by atoms with Gasteiger partial charge in [-0.25, -0.2) is 4.98 Å². The molecule has 3 heteroatoms. The van der Waals surface area contributed by atoms with E-state index in [1.807, 2.05) is 6.07 Å². The van der Waals surface area contributed by atoms with Crippen LogP contribution in [-0.2, 0) is 6.54 Å². The summed E-state index contributed by atoms with van der Waals surface area (Å²) in [5, 5.41) is 1.21. The van der Waals surface area contributed by atoms with Crippen LogP contribution in [0.3, 0.4) is 0 Å². The minimum Gasteiger partial charge on any atom is -0.443 e. The molecule has 0 spiro atoms. The van der Waals surface area contributed by atoms with Crippen LogP contribution in [0.5, 0.6) is 0 Å². The topological polar surface area (TPSA) is 31.0 Å². The first-order valence-electron chi connectivity index (χ1n) is 5.37. The third-order valence-electron chi connectivity index (χ3n) is 2.83. The molecule has 0 N–H and O–H groups in total. The summed E-state index contributed by atoms with van der Waals surface area (Å²) < 4.78 is 7.58. The van der Waals surface area contributed by atoms with Crippen molar-refractivity contribution in [1.29, 1.82) is 0 Å². The van der Waals surface area contributed by atoms with Gasteiger partial charge in [0.05, 0.1) is 6.20 Å². The number of oxazole rings is 1. The second-order valence-corrected chi connectivity index (χ2v) is 3.71. The van der Waals surface area contributed by atoms with Gasteiger partial charge in [-0.1, -0.05) is 18.2 Å². The summed E-state index contributed by atoms with van der Waals surface area (Å²) in [7, 11) is 0. The van der Waals surface area contributed by atoms with Crippen molar-refractivity contribution in [3.8, 4) is 11.3 Å². The summed E-state index contributed by atoms with van der Waals surface area (Å²) in [4.78, 5) is 3.96. The van der Waals surface area contributed by atoms with Crippen molar-refractivity contribution in [3.05, 3.63) is 43.1 Å². The molecular formula is C13H12N2O. The predicted molar refractivity (Wildman–Crippen MR) is 63.1 cm³/mol. The number of benzene rings is 1. The van der Waals surface area contributed by atoms with Gasteiger partial charge >= 0.3 is 0 Å². The van der Waals surface area contributed by atoms with Crippen molar-refractivity contribution >= 4 is 10.9 Å². The summed E-state index contributed by atoms with van der Waals surface area (Å²) in [6.45, 7) is 3.09. The summed E-state index contributed by atoms with van der Waals surface area (Å²) in [6.07, 6.45) is 5.33. The lowest BCUT2D eigenvalue weighted by Crippen LogP contribution is -1.89. The molecule has 0 aliphatic carbocycles. The van der Waals surface area contributed by atoms with Gasteiger partial charge in [-0.15, -0.1) is 0 Å². The molecule has 0 bridgehead atoms. The van der Waals surface area contributed by atoms with Crippen LogP contribution in [0.2, 0.25) is 0 Å². The van der Waals surface area contributed by atoms with E-state index in [-0.39, 0.29) is 0 Å². The van der Waals surface area contributed by atoms with Gasteiger partial charge in [0.2, 0.25) is 0 Å². The normalized spacial score (nSPS) is 11.1. The monoisotopic (exact) mass is 212 g/mol. The van der Waals surface area contributed by atoms with E-state index in [1.54, 1.807) is 6.20 Å². The number of rotatable bonds is 2. The van der Waals surface area contributed by atoms with Gasteiger partial charge in [-0.05, 0) is 13.0 Å². The fourth-order valence-corrected chi connectivity index (χ4v) is 2.05. The lowest BCUT2D eigenvalue weighted by atomic mass is 10.1. The molecule has 0 aliphatic rings. The Morgan fingerprint density at radius 1 is 1.31 bits per heavy atom. The van der Waals surface area contributed by atoms with Crippen LogP contribution in [0.15, 0.2) is 47.5 Å². The number of nitrogens with zero attached hydrogens (tertiary/aromatic N) is 2. The van der Waals surface area contributed by atoms with Gasteiger partial charge in [-0.3, -0.25) is 0 Å². The Balaban J connectivity index is 2.33. The number of para-hydroxylation sites is 1. The molecule has 3 rings (SSSR count). The summed E-state index contributed by atoms with van der Waals surface area (Å²) in [6, 6.07) is 8.33. The molecule has 0 amide bonds. The van der Waals surface area contributed by atoms with Crippen molar-refractivity contribution in [2.75, 3.05) is 0 Å². The van der Waals surface area contributed by atoms with Crippen LogP contribution in [0, 0.1) is 0 Å². The molecule has 2 aromatic heterocycles. The van der Waals surface area contributed by atoms with Gasteiger partial charge in [0, 0.05) is 29.2 Å². The lowest BCUT2D eigenvalue weighted by Gasteiger charge is -1.97. The first-order chi connectivity index (χ1) is 7.90. The van der Waals surface area contributed by atoms with E-state index in [4.69, 9.17) is 4.42 Å². The van der Waals surface area contributed by atoms with Crippen LogP contribution in [0.25, 0.3) is 22.2 Å². The minimum absolute atomic E-state index is 0.823. The maximum Gasteiger partial charge on any atom is 0.181 e. The van der Waals surface area contributed by atoms with Crippen LogP contribution in [0.4, 0.5) is 0 Å². The SMILES string of the molecule is CCn1cc(-c2cnco2)c2ccccc21. The fourth-order valence-electron chi connectivity index (χ4n) is 2.05. The number of fused-ring (bicyclic) bond motifs is 1. The van der Waals surface area contributed by atoms with Gasteiger partial charge in [0.1, 0.15) is 0 Å².